The minimum Gasteiger partial charge on any atom is -0.398 e. The first-order valence-electron chi connectivity index (χ1n) is 4.62. The number of carbonyl (C=O) groups is 1. The summed E-state index contributed by atoms with van der Waals surface area (Å²) >= 11 is 2.99. The Bertz CT molecular complexity index is 442. The maximum atomic E-state index is 12.0. The molecule has 0 saturated carbocycles. The topological polar surface area (TPSA) is 56.1 Å². The van der Waals surface area contributed by atoms with Gasteiger partial charge in [-0.05, 0) is 15.9 Å². The predicted octanol–water partition coefficient (Wildman–Crippen LogP) is 1.26. The fourth-order valence-electron chi connectivity index (χ4n) is 1.22. The lowest BCUT2D eigenvalue weighted by atomic mass is 10.2. The molecule has 0 amide bonds. The Morgan fingerprint density at radius 1 is 1.59 bits per heavy atom. The zero-order valence-electron chi connectivity index (χ0n) is 8.29. The first-order valence-corrected chi connectivity index (χ1v) is 5.41. The van der Waals surface area contributed by atoms with Crippen molar-refractivity contribution in [1.82, 2.24) is 15.1 Å². The average molecular weight is 314 g/mol. The van der Waals surface area contributed by atoms with Gasteiger partial charge in [0.2, 0.25) is 0 Å². The average Bonchev–Trinajstić information content (AvgIpc) is 2.42. The standard InChI is InChI=1S/C8H7BrF3N3O2/c9-5-3-15(4-1-13-2-4)14-6(5)17-7(16)8(10,11)12/h3-4,13H,1-2H2. The number of esters is 1. The number of nitrogens with zero attached hydrogens (tertiary/aromatic N) is 2. The lowest BCUT2D eigenvalue weighted by molar-refractivity contribution is -0.190. The Hall–Kier alpha value is -1.09. The molecule has 5 nitrogen and oxygen atoms in total. The molecule has 1 fully saturated rings. The monoisotopic (exact) mass is 313 g/mol. The van der Waals surface area contributed by atoms with Crippen molar-refractivity contribution in [2.45, 2.75) is 12.2 Å². The van der Waals surface area contributed by atoms with Gasteiger partial charge in [-0.25, -0.2) is 4.79 Å². The van der Waals surface area contributed by atoms with E-state index in [2.05, 4.69) is 31.1 Å². The molecule has 0 spiro atoms. The fraction of sp³-hybridized carbons (Fsp3) is 0.500. The Morgan fingerprint density at radius 2 is 2.24 bits per heavy atom. The van der Waals surface area contributed by atoms with Crippen LogP contribution in [0, 0.1) is 0 Å². The van der Waals surface area contributed by atoms with Crippen molar-refractivity contribution in [3.63, 3.8) is 0 Å². The SMILES string of the molecule is O=C(Oc1nn(C2CNC2)cc1Br)C(F)(F)F. The van der Waals surface area contributed by atoms with Gasteiger partial charge in [0.05, 0.1) is 10.5 Å². The third kappa shape index (κ3) is 2.60. The van der Waals surface area contributed by atoms with Crippen LogP contribution < -0.4 is 10.1 Å². The molecule has 1 saturated heterocycles. The van der Waals surface area contributed by atoms with Crippen molar-refractivity contribution in [2.75, 3.05) is 13.1 Å². The predicted molar refractivity (Wildman–Crippen MR) is 53.5 cm³/mol. The maximum absolute atomic E-state index is 12.0. The summed E-state index contributed by atoms with van der Waals surface area (Å²) < 4.78 is 41.7. The summed E-state index contributed by atoms with van der Waals surface area (Å²) in [5.74, 6) is -2.66. The third-order valence-corrected chi connectivity index (χ3v) is 2.76. The van der Waals surface area contributed by atoms with E-state index in [0.717, 1.165) is 0 Å². The summed E-state index contributed by atoms with van der Waals surface area (Å²) in [4.78, 5) is 10.6. The Kier molecular flexibility index (Phi) is 3.13. The van der Waals surface area contributed by atoms with Crippen molar-refractivity contribution < 1.29 is 22.7 Å². The number of nitrogens with one attached hydrogen (secondary N) is 1. The molecule has 1 aromatic rings. The quantitative estimate of drug-likeness (QED) is 0.835. The molecule has 0 aliphatic carbocycles. The fourth-order valence-corrected chi connectivity index (χ4v) is 1.59. The van der Waals surface area contributed by atoms with E-state index in [4.69, 9.17) is 0 Å². The number of carbonyl (C=O) groups excluding carboxylic acids is 1. The van der Waals surface area contributed by atoms with Crippen LogP contribution >= 0.6 is 15.9 Å². The lowest BCUT2D eigenvalue weighted by Crippen LogP contribution is -2.43. The summed E-state index contributed by atoms with van der Waals surface area (Å²) in [6.07, 6.45) is -3.55. The normalized spacial score (nSPS) is 16.7. The lowest BCUT2D eigenvalue weighted by Gasteiger charge is -2.26. The van der Waals surface area contributed by atoms with Crippen LogP contribution in [-0.4, -0.2) is 35.0 Å². The number of alkyl halides is 3. The highest BCUT2D eigenvalue weighted by Gasteiger charge is 2.42. The first-order chi connectivity index (χ1) is 7.88. The summed E-state index contributed by atoms with van der Waals surface area (Å²) in [5, 5.41) is 6.76. The minimum absolute atomic E-state index is 0.0737. The molecule has 0 bridgehead atoms. The van der Waals surface area contributed by atoms with E-state index in [1.807, 2.05) is 0 Å². The van der Waals surface area contributed by atoms with Crippen molar-refractivity contribution >= 4 is 21.9 Å². The van der Waals surface area contributed by atoms with Gasteiger partial charge in [-0.3, -0.25) is 4.68 Å². The minimum atomic E-state index is -5.03. The van der Waals surface area contributed by atoms with Crippen LogP contribution in [0.5, 0.6) is 5.88 Å². The molecule has 1 aliphatic heterocycles. The van der Waals surface area contributed by atoms with E-state index in [9.17, 15) is 18.0 Å². The van der Waals surface area contributed by atoms with Crippen LogP contribution in [0.15, 0.2) is 10.7 Å². The van der Waals surface area contributed by atoms with Gasteiger partial charge >= 0.3 is 12.1 Å². The zero-order valence-corrected chi connectivity index (χ0v) is 9.88. The summed E-state index contributed by atoms with van der Waals surface area (Å²) in [7, 11) is 0. The molecule has 2 rings (SSSR count). The van der Waals surface area contributed by atoms with E-state index < -0.39 is 12.1 Å². The van der Waals surface area contributed by atoms with Crippen molar-refractivity contribution in [3.05, 3.63) is 10.7 Å². The molecule has 1 aliphatic rings. The van der Waals surface area contributed by atoms with Gasteiger partial charge in [-0.1, -0.05) is 0 Å². The largest absolute Gasteiger partial charge is 0.491 e. The second-order valence-corrected chi connectivity index (χ2v) is 4.32. The first kappa shape index (κ1) is 12.4. The molecule has 2 heterocycles. The van der Waals surface area contributed by atoms with E-state index in [1.165, 1.54) is 10.9 Å². The van der Waals surface area contributed by atoms with Crippen molar-refractivity contribution in [2.24, 2.45) is 0 Å². The molecule has 9 heteroatoms. The van der Waals surface area contributed by atoms with E-state index in [0.29, 0.717) is 13.1 Å². The van der Waals surface area contributed by atoms with Gasteiger partial charge in [0.25, 0.3) is 5.88 Å². The number of hydrogen-bond donors (Lipinski definition) is 1. The third-order valence-electron chi connectivity index (χ3n) is 2.21. The molecule has 1 aromatic heterocycles. The number of rotatable bonds is 2. The van der Waals surface area contributed by atoms with Gasteiger partial charge in [-0.2, -0.15) is 13.2 Å². The number of ether oxygens (including phenoxy) is 1. The van der Waals surface area contributed by atoms with Crippen LogP contribution in [0.25, 0.3) is 0 Å². The van der Waals surface area contributed by atoms with Gasteiger partial charge in [0.1, 0.15) is 0 Å². The molecule has 17 heavy (non-hydrogen) atoms. The molecule has 0 unspecified atom stereocenters. The molecular weight excluding hydrogens is 307 g/mol. The van der Waals surface area contributed by atoms with E-state index in [1.54, 1.807) is 0 Å². The van der Waals surface area contributed by atoms with Crippen molar-refractivity contribution in [3.8, 4) is 5.88 Å². The molecule has 0 aromatic carbocycles. The Labute approximate surface area is 102 Å². The van der Waals surface area contributed by atoms with Crippen LogP contribution in [0.1, 0.15) is 6.04 Å². The molecule has 94 valence electrons. The molecular formula is C8H7BrF3N3O2. The van der Waals surface area contributed by atoms with Crippen LogP contribution in [-0.2, 0) is 4.79 Å². The van der Waals surface area contributed by atoms with Crippen LogP contribution in [0.3, 0.4) is 0 Å². The van der Waals surface area contributed by atoms with Crippen LogP contribution in [0.2, 0.25) is 0 Å². The van der Waals surface area contributed by atoms with Gasteiger partial charge in [0, 0.05) is 19.3 Å². The highest BCUT2D eigenvalue weighted by Crippen LogP contribution is 2.27. The number of halogens is 4. The highest BCUT2D eigenvalue weighted by atomic mass is 79.9. The second kappa shape index (κ2) is 4.30. The summed E-state index contributed by atoms with van der Waals surface area (Å²) in [6, 6.07) is 0.0737. The summed E-state index contributed by atoms with van der Waals surface area (Å²) in [6.45, 7) is 1.36. The second-order valence-electron chi connectivity index (χ2n) is 3.46. The van der Waals surface area contributed by atoms with Crippen molar-refractivity contribution in [1.29, 1.82) is 0 Å². The number of hydrogen-bond acceptors (Lipinski definition) is 4. The maximum Gasteiger partial charge on any atom is 0.491 e. The highest BCUT2D eigenvalue weighted by molar-refractivity contribution is 9.10. The molecule has 0 atom stereocenters. The summed E-state index contributed by atoms with van der Waals surface area (Å²) in [5.41, 5.74) is 0. The zero-order chi connectivity index (χ0) is 12.6. The van der Waals surface area contributed by atoms with E-state index >= 15 is 0 Å². The smallest absolute Gasteiger partial charge is 0.398 e. The van der Waals surface area contributed by atoms with Crippen LogP contribution in [0.4, 0.5) is 13.2 Å². The van der Waals surface area contributed by atoms with Gasteiger partial charge in [0.15, 0.2) is 0 Å². The van der Waals surface area contributed by atoms with Gasteiger partial charge in [-0.15, -0.1) is 5.10 Å². The number of aromatic nitrogens is 2. The Balaban J connectivity index is 2.10. The Morgan fingerprint density at radius 3 is 2.71 bits per heavy atom. The molecule has 0 radical (unpaired) electrons. The van der Waals surface area contributed by atoms with E-state index in [-0.39, 0.29) is 16.4 Å². The molecule has 1 N–H and O–H groups in total. The van der Waals surface area contributed by atoms with Gasteiger partial charge < -0.3 is 10.1 Å².